The summed E-state index contributed by atoms with van der Waals surface area (Å²) in [5, 5.41) is 15.1. The summed E-state index contributed by atoms with van der Waals surface area (Å²) in [7, 11) is 1.84. The second-order valence-electron chi connectivity index (χ2n) is 4.52. The van der Waals surface area contributed by atoms with Crippen molar-refractivity contribution in [1.82, 2.24) is 9.78 Å². The van der Waals surface area contributed by atoms with Crippen LogP contribution in [0.25, 0.3) is 0 Å². The van der Waals surface area contributed by atoms with E-state index in [1.165, 1.54) is 0 Å². The second kappa shape index (κ2) is 7.12. The molecule has 0 aliphatic rings. The van der Waals surface area contributed by atoms with Gasteiger partial charge >= 0.3 is 0 Å². The van der Waals surface area contributed by atoms with Crippen molar-refractivity contribution in [3.05, 3.63) is 16.4 Å². The molecule has 5 heteroatoms. The average molecular weight is 275 g/mol. The monoisotopic (exact) mass is 274 g/mol. The molecule has 0 aliphatic heterocycles. The van der Waals surface area contributed by atoms with Gasteiger partial charge < -0.3 is 9.84 Å². The van der Waals surface area contributed by atoms with Gasteiger partial charge in [-0.05, 0) is 20.3 Å². The Kier molecular flexibility index (Phi) is 6.12. The molecule has 0 bridgehead atoms. The van der Waals surface area contributed by atoms with Crippen LogP contribution < -0.4 is 0 Å². The van der Waals surface area contributed by atoms with E-state index in [4.69, 9.17) is 16.3 Å². The number of ether oxygens (including phenoxy) is 1. The molecule has 0 radical (unpaired) electrons. The molecule has 0 aliphatic carbocycles. The Hall–Kier alpha value is -0.580. The fourth-order valence-electron chi connectivity index (χ4n) is 2.12. The molecule has 0 aromatic carbocycles. The van der Waals surface area contributed by atoms with E-state index in [1.807, 2.05) is 20.9 Å². The first kappa shape index (κ1) is 15.5. The van der Waals surface area contributed by atoms with Crippen molar-refractivity contribution in [3.8, 4) is 0 Å². The third kappa shape index (κ3) is 3.70. The van der Waals surface area contributed by atoms with Gasteiger partial charge in [0, 0.05) is 20.1 Å². The van der Waals surface area contributed by atoms with E-state index in [0.717, 1.165) is 24.2 Å². The van der Waals surface area contributed by atoms with Crippen LogP contribution in [-0.2, 0) is 18.2 Å². The zero-order valence-corrected chi connectivity index (χ0v) is 12.4. The van der Waals surface area contributed by atoms with E-state index in [2.05, 4.69) is 12.0 Å². The van der Waals surface area contributed by atoms with Crippen LogP contribution in [0.4, 0.5) is 0 Å². The summed E-state index contributed by atoms with van der Waals surface area (Å²) in [6.07, 6.45) is 1.63. The Balaban J connectivity index is 2.75. The first-order valence-corrected chi connectivity index (χ1v) is 6.86. The minimum absolute atomic E-state index is 0.133. The second-order valence-corrected chi connectivity index (χ2v) is 4.90. The summed E-state index contributed by atoms with van der Waals surface area (Å²) in [5.74, 6) is 0. The van der Waals surface area contributed by atoms with Gasteiger partial charge in [0.2, 0.25) is 0 Å². The molecule has 4 nitrogen and oxygen atoms in total. The van der Waals surface area contributed by atoms with E-state index in [0.29, 0.717) is 18.1 Å². The largest absolute Gasteiger partial charge is 0.390 e. The van der Waals surface area contributed by atoms with Crippen LogP contribution in [0.3, 0.4) is 0 Å². The van der Waals surface area contributed by atoms with Crippen LogP contribution in [0.15, 0.2) is 0 Å². The molecule has 1 heterocycles. The summed E-state index contributed by atoms with van der Waals surface area (Å²) < 4.78 is 7.31. The van der Waals surface area contributed by atoms with Crippen LogP contribution in [0, 0.1) is 6.92 Å². The topological polar surface area (TPSA) is 47.3 Å². The highest BCUT2D eigenvalue weighted by atomic mass is 35.5. The fraction of sp³-hybridized carbons (Fsp3) is 0.769. The fourth-order valence-corrected chi connectivity index (χ4v) is 2.35. The third-order valence-electron chi connectivity index (χ3n) is 3.05. The Labute approximate surface area is 114 Å². The molecular weight excluding hydrogens is 252 g/mol. The maximum Gasteiger partial charge on any atom is 0.0857 e. The lowest BCUT2D eigenvalue weighted by Crippen LogP contribution is -2.31. The molecule has 1 aromatic heterocycles. The van der Waals surface area contributed by atoms with Gasteiger partial charge in [-0.15, -0.1) is 0 Å². The van der Waals surface area contributed by atoms with Crippen molar-refractivity contribution < 1.29 is 9.84 Å². The molecule has 2 atom stereocenters. The first-order chi connectivity index (χ1) is 8.51. The Bertz CT molecular complexity index is 373. The van der Waals surface area contributed by atoms with E-state index in [9.17, 15) is 5.11 Å². The summed E-state index contributed by atoms with van der Waals surface area (Å²) in [6.45, 7) is 6.50. The van der Waals surface area contributed by atoms with E-state index >= 15 is 0 Å². The molecule has 2 unspecified atom stereocenters. The maximum atomic E-state index is 10.3. The van der Waals surface area contributed by atoms with Crippen molar-refractivity contribution in [2.75, 3.05) is 6.61 Å². The van der Waals surface area contributed by atoms with Crippen LogP contribution in [0.2, 0.25) is 5.02 Å². The average Bonchev–Trinajstić information content (AvgIpc) is 2.55. The zero-order chi connectivity index (χ0) is 13.7. The summed E-state index contributed by atoms with van der Waals surface area (Å²) in [4.78, 5) is 0. The van der Waals surface area contributed by atoms with Crippen LogP contribution in [0.1, 0.15) is 38.1 Å². The van der Waals surface area contributed by atoms with Crippen molar-refractivity contribution in [1.29, 1.82) is 0 Å². The third-order valence-corrected chi connectivity index (χ3v) is 3.54. The number of aryl methyl sites for hydroxylation is 2. The number of aromatic nitrogens is 2. The molecule has 0 saturated carbocycles. The number of halogens is 1. The zero-order valence-electron chi connectivity index (χ0n) is 11.6. The smallest absolute Gasteiger partial charge is 0.0857 e. The Morgan fingerprint density at radius 3 is 2.56 bits per heavy atom. The van der Waals surface area contributed by atoms with Gasteiger partial charge in [-0.25, -0.2) is 0 Å². The SMILES string of the molecule is CCCC(OCC)C(O)Cc1c(Cl)c(C)nn1C. The summed E-state index contributed by atoms with van der Waals surface area (Å²) >= 11 is 6.18. The van der Waals surface area contributed by atoms with Gasteiger partial charge in [-0.1, -0.05) is 24.9 Å². The van der Waals surface area contributed by atoms with Gasteiger partial charge in [0.25, 0.3) is 0 Å². The molecule has 18 heavy (non-hydrogen) atoms. The molecule has 1 aromatic rings. The predicted molar refractivity (Wildman–Crippen MR) is 73.0 cm³/mol. The van der Waals surface area contributed by atoms with Gasteiger partial charge in [0.15, 0.2) is 0 Å². The van der Waals surface area contributed by atoms with Crippen molar-refractivity contribution in [3.63, 3.8) is 0 Å². The molecule has 0 saturated heterocycles. The van der Waals surface area contributed by atoms with Crippen LogP contribution >= 0.6 is 11.6 Å². The maximum absolute atomic E-state index is 10.3. The van der Waals surface area contributed by atoms with E-state index < -0.39 is 6.10 Å². The first-order valence-electron chi connectivity index (χ1n) is 6.48. The molecule has 0 fully saturated rings. The van der Waals surface area contributed by atoms with Crippen molar-refractivity contribution in [2.24, 2.45) is 7.05 Å². The highest BCUT2D eigenvalue weighted by molar-refractivity contribution is 6.31. The normalized spacial score (nSPS) is 14.8. The minimum Gasteiger partial charge on any atom is -0.390 e. The lowest BCUT2D eigenvalue weighted by Gasteiger charge is -2.22. The Morgan fingerprint density at radius 2 is 2.11 bits per heavy atom. The standard InChI is InChI=1S/C13H23ClN2O2/c1-5-7-12(18-6-2)11(17)8-10-13(14)9(3)15-16(10)4/h11-12,17H,5-8H2,1-4H3. The number of rotatable bonds is 7. The molecule has 1 N–H and O–H groups in total. The van der Waals surface area contributed by atoms with Gasteiger partial charge in [-0.3, -0.25) is 4.68 Å². The highest BCUT2D eigenvalue weighted by Crippen LogP contribution is 2.22. The number of aliphatic hydroxyl groups is 1. The summed E-state index contributed by atoms with van der Waals surface area (Å²) in [5.41, 5.74) is 1.66. The molecule has 0 amide bonds. The molecular formula is C13H23ClN2O2. The quantitative estimate of drug-likeness (QED) is 0.831. The number of hydrogen-bond donors (Lipinski definition) is 1. The molecule has 1 rings (SSSR count). The minimum atomic E-state index is -0.544. The molecule has 0 spiro atoms. The van der Waals surface area contributed by atoms with Crippen molar-refractivity contribution in [2.45, 2.75) is 52.2 Å². The summed E-state index contributed by atoms with van der Waals surface area (Å²) in [6, 6.07) is 0. The van der Waals surface area contributed by atoms with Crippen molar-refractivity contribution >= 4 is 11.6 Å². The van der Waals surface area contributed by atoms with Crippen LogP contribution in [-0.4, -0.2) is 33.7 Å². The number of hydrogen-bond acceptors (Lipinski definition) is 3. The molecule has 104 valence electrons. The van der Waals surface area contributed by atoms with Gasteiger partial charge in [0.1, 0.15) is 0 Å². The van der Waals surface area contributed by atoms with Gasteiger partial charge in [-0.2, -0.15) is 5.10 Å². The Morgan fingerprint density at radius 1 is 1.44 bits per heavy atom. The predicted octanol–water partition coefficient (Wildman–Crippen LogP) is 2.49. The lowest BCUT2D eigenvalue weighted by atomic mass is 10.0. The lowest BCUT2D eigenvalue weighted by molar-refractivity contribution is -0.0369. The number of aliphatic hydroxyl groups excluding tert-OH is 1. The van der Waals surface area contributed by atoms with Crippen LogP contribution in [0.5, 0.6) is 0 Å². The number of nitrogens with zero attached hydrogens (tertiary/aromatic N) is 2. The van der Waals surface area contributed by atoms with E-state index in [-0.39, 0.29) is 6.10 Å². The van der Waals surface area contributed by atoms with E-state index in [1.54, 1.807) is 4.68 Å². The van der Waals surface area contributed by atoms with Gasteiger partial charge in [0.05, 0.1) is 28.6 Å². The highest BCUT2D eigenvalue weighted by Gasteiger charge is 2.22.